The molecule has 0 spiro atoms. The van der Waals surface area contributed by atoms with Crippen LogP contribution in [0.4, 0.5) is 0 Å². The van der Waals surface area contributed by atoms with E-state index in [-0.39, 0.29) is 0 Å². The zero-order valence-electron chi connectivity index (χ0n) is 13.4. The fourth-order valence-corrected chi connectivity index (χ4v) is 5.83. The first-order valence-corrected chi connectivity index (χ1v) is 9.96. The van der Waals surface area contributed by atoms with Crippen LogP contribution < -0.4 is 15.9 Å². The summed E-state index contributed by atoms with van der Waals surface area (Å²) < 4.78 is 3.72. The fourth-order valence-electron chi connectivity index (χ4n) is 2.63. The minimum Gasteiger partial charge on any atom is -0.283 e. The smallest absolute Gasteiger partial charge is 0.109 e. The van der Waals surface area contributed by atoms with Gasteiger partial charge in [0.1, 0.15) is 23.2 Å². The zero-order valence-corrected chi connectivity index (χ0v) is 15.0. The van der Waals surface area contributed by atoms with Crippen molar-refractivity contribution >= 4 is 35.0 Å². The zero-order chi connectivity index (χ0) is 16.5. The van der Waals surface area contributed by atoms with Crippen molar-refractivity contribution in [3.8, 4) is 0 Å². The summed E-state index contributed by atoms with van der Waals surface area (Å²) in [6.07, 6.45) is 0. The summed E-state index contributed by atoms with van der Waals surface area (Å²) in [5.74, 6) is 0. The van der Waals surface area contributed by atoms with Gasteiger partial charge in [0.25, 0.3) is 0 Å². The van der Waals surface area contributed by atoms with E-state index in [2.05, 4.69) is 114 Å². The summed E-state index contributed by atoms with van der Waals surface area (Å²) in [6, 6.07) is 32.6. The largest absolute Gasteiger partial charge is 0.283 e. The molecule has 0 aliphatic carbocycles. The third-order valence-corrected chi connectivity index (χ3v) is 7.81. The molecule has 0 saturated carbocycles. The molecular weight excluding hydrogens is 323 g/mol. The molecule has 0 aromatic heterocycles. The maximum Gasteiger partial charge on any atom is 0.109 e. The Balaban J connectivity index is 0.000000595. The number of hydrogen-bond acceptors (Lipinski definition) is 1. The Morgan fingerprint density at radius 1 is 0.609 bits per heavy atom. The molecule has 23 heavy (non-hydrogen) atoms. The Morgan fingerprint density at radius 3 is 1.04 bits per heavy atom. The Labute approximate surface area is 144 Å². The van der Waals surface area contributed by atoms with Crippen molar-refractivity contribution in [1.82, 2.24) is 0 Å². The Kier molecular flexibility index (Phi) is 6.80. The predicted molar refractivity (Wildman–Crippen MR) is 104 cm³/mol. The van der Waals surface area contributed by atoms with Crippen molar-refractivity contribution < 1.29 is 4.29 Å². The minimum atomic E-state index is -1.53. The Morgan fingerprint density at radius 2 is 0.826 bits per heavy atom. The van der Waals surface area contributed by atoms with Gasteiger partial charge in [-0.25, -0.2) is 0 Å². The molecule has 3 heteroatoms. The summed E-state index contributed by atoms with van der Waals surface area (Å²) >= 11 is 4.50. The van der Waals surface area contributed by atoms with Crippen molar-refractivity contribution in [3.05, 3.63) is 91.0 Å². The third-order valence-electron chi connectivity index (χ3n) is 3.82. The van der Waals surface area contributed by atoms with Crippen molar-refractivity contribution in [2.75, 3.05) is 13.8 Å². The van der Waals surface area contributed by atoms with Gasteiger partial charge in [-0.1, -0.05) is 54.6 Å². The molecule has 0 amide bonds. The molecule has 0 atom stereocenters. The number of rotatable bonds is 3. The average Bonchev–Trinajstić information content (AvgIpc) is 2.64. The summed E-state index contributed by atoms with van der Waals surface area (Å²) in [5, 5.41) is 4.28. The highest BCUT2D eigenvalue weighted by Gasteiger charge is 2.39. The molecule has 0 saturated heterocycles. The summed E-state index contributed by atoms with van der Waals surface area (Å²) in [4.78, 5) is 0. The van der Waals surface area contributed by atoms with Gasteiger partial charge >= 0.3 is 0 Å². The van der Waals surface area contributed by atoms with Crippen molar-refractivity contribution in [3.63, 3.8) is 0 Å². The lowest BCUT2D eigenvalue weighted by Crippen LogP contribution is -2.30. The van der Waals surface area contributed by atoms with Gasteiger partial charge in [-0.2, -0.15) is 0 Å². The predicted octanol–water partition coefficient (Wildman–Crippen LogP) is 4.40. The SMILES string of the molecule is COCl.C[P+](c1ccccc1)(c1ccccc1)c1ccccc1. The highest BCUT2D eigenvalue weighted by molar-refractivity contribution is 7.95. The van der Waals surface area contributed by atoms with E-state index in [0.29, 0.717) is 0 Å². The van der Waals surface area contributed by atoms with Crippen LogP contribution in [0.2, 0.25) is 0 Å². The van der Waals surface area contributed by atoms with Gasteiger partial charge in [-0.05, 0) is 36.4 Å². The van der Waals surface area contributed by atoms with Gasteiger partial charge in [0.2, 0.25) is 0 Å². The van der Waals surface area contributed by atoms with E-state index in [1.807, 2.05) is 0 Å². The first-order valence-electron chi connectivity index (χ1n) is 7.41. The molecule has 0 bridgehead atoms. The van der Waals surface area contributed by atoms with E-state index >= 15 is 0 Å². The fraction of sp³-hybridized carbons (Fsp3) is 0.100. The van der Waals surface area contributed by atoms with E-state index < -0.39 is 7.26 Å². The highest BCUT2D eigenvalue weighted by atomic mass is 35.5. The lowest BCUT2D eigenvalue weighted by molar-refractivity contribution is 0.463. The molecule has 3 aromatic carbocycles. The molecule has 0 N–H and O–H groups in total. The van der Waals surface area contributed by atoms with Crippen LogP contribution in [0.1, 0.15) is 0 Å². The summed E-state index contributed by atoms with van der Waals surface area (Å²) in [6.45, 7) is 2.41. The van der Waals surface area contributed by atoms with Crippen LogP contribution in [-0.2, 0) is 4.29 Å². The number of benzene rings is 3. The second-order valence-corrected chi connectivity index (χ2v) is 9.04. The maximum absolute atomic E-state index is 4.50. The Hall–Kier alpha value is -1.66. The Bertz CT molecular complexity index is 590. The van der Waals surface area contributed by atoms with Crippen LogP contribution in [-0.4, -0.2) is 13.8 Å². The molecule has 118 valence electrons. The highest BCUT2D eigenvalue weighted by Crippen LogP contribution is 2.51. The first-order chi connectivity index (χ1) is 11.2. The first kappa shape index (κ1) is 17.7. The molecule has 0 fully saturated rings. The van der Waals surface area contributed by atoms with E-state index in [1.54, 1.807) is 0 Å². The summed E-state index contributed by atoms with van der Waals surface area (Å²) in [7, 11) is -0.136. The molecule has 0 unspecified atom stereocenters. The molecule has 3 rings (SSSR count). The molecule has 0 heterocycles. The minimum absolute atomic E-state index is 1.39. The second kappa shape index (κ2) is 8.84. The van der Waals surface area contributed by atoms with E-state index in [4.69, 9.17) is 0 Å². The van der Waals surface area contributed by atoms with Gasteiger partial charge < -0.3 is 0 Å². The van der Waals surface area contributed by atoms with Gasteiger partial charge in [-0.3, -0.25) is 4.29 Å². The van der Waals surface area contributed by atoms with Crippen molar-refractivity contribution in [2.45, 2.75) is 0 Å². The van der Waals surface area contributed by atoms with Crippen LogP contribution in [0.5, 0.6) is 0 Å². The molecule has 0 aliphatic heterocycles. The molecular formula is C20H21ClOP+. The van der Waals surface area contributed by atoms with Gasteiger partial charge in [0.15, 0.2) is 0 Å². The van der Waals surface area contributed by atoms with E-state index in [1.165, 1.54) is 23.0 Å². The van der Waals surface area contributed by atoms with Gasteiger partial charge in [0.05, 0.1) is 25.6 Å². The van der Waals surface area contributed by atoms with Gasteiger partial charge in [0, 0.05) is 0 Å². The molecule has 1 nitrogen and oxygen atoms in total. The molecule has 0 radical (unpaired) electrons. The van der Waals surface area contributed by atoms with Gasteiger partial charge in [-0.15, -0.1) is 0 Å². The van der Waals surface area contributed by atoms with Crippen LogP contribution >= 0.6 is 19.1 Å². The van der Waals surface area contributed by atoms with Crippen LogP contribution in [0.15, 0.2) is 91.0 Å². The third kappa shape index (κ3) is 4.20. The maximum atomic E-state index is 4.50. The standard InChI is InChI=1S/C19H18P.CH3ClO/c1-20(17-11-5-2-6-12-17,18-13-7-3-8-14-18)19-15-9-4-10-16-19;1-3-2/h2-16H,1H3;1H3/q+1;. The topological polar surface area (TPSA) is 9.23 Å². The van der Waals surface area contributed by atoms with E-state index in [0.717, 1.165) is 0 Å². The normalized spacial score (nSPS) is 10.6. The van der Waals surface area contributed by atoms with Crippen LogP contribution in [0, 0.1) is 0 Å². The quantitative estimate of drug-likeness (QED) is 0.641. The van der Waals surface area contributed by atoms with Crippen molar-refractivity contribution in [1.29, 1.82) is 0 Å². The second-order valence-electron chi connectivity index (χ2n) is 5.17. The number of hydrogen-bond donors (Lipinski definition) is 0. The molecule has 0 aliphatic rings. The lowest BCUT2D eigenvalue weighted by Gasteiger charge is -2.22. The molecule has 3 aromatic rings. The van der Waals surface area contributed by atoms with Crippen molar-refractivity contribution in [2.24, 2.45) is 0 Å². The summed E-state index contributed by atoms with van der Waals surface area (Å²) in [5.41, 5.74) is 0. The number of halogens is 1. The van der Waals surface area contributed by atoms with Crippen LogP contribution in [0.3, 0.4) is 0 Å². The lowest BCUT2D eigenvalue weighted by atomic mass is 10.4. The average molecular weight is 344 g/mol. The monoisotopic (exact) mass is 343 g/mol. The van der Waals surface area contributed by atoms with E-state index in [9.17, 15) is 0 Å². The van der Waals surface area contributed by atoms with Crippen LogP contribution in [0.25, 0.3) is 0 Å².